The van der Waals surface area contributed by atoms with Gasteiger partial charge in [0.05, 0.1) is 0 Å². The quantitative estimate of drug-likeness (QED) is 0.780. The van der Waals surface area contributed by atoms with Gasteiger partial charge >= 0.3 is 0 Å². The largest absolute Gasteiger partial charge is 0.265 e. The van der Waals surface area contributed by atoms with Gasteiger partial charge in [-0.15, -0.1) is 10.2 Å². The van der Waals surface area contributed by atoms with E-state index in [1.54, 1.807) is 34.9 Å². The molecule has 2 heterocycles. The molecule has 2 rings (SSSR count). The van der Waals surface area contributed by atoms with Crippen molar-refractivity contribution in [3.8, 4) is 0 Å². The molecule has 0 unspecified atom stereocenters. The van der Waals surface area contributed by atoms with E-state index in [1.165, 1.54) is 5.56 Å². The Morgan fingerprint density at radius 2 is 1.94 bits per heavy atom. The van der Waals surface area contributed by atoms with Gasteiger partial charge in [-0.1, -0.05) is 34.9 Å². The number of thioether (sulfide) groups is 2. The van der Waals surface area contributed by atoms with Crippen molar-refractivity contribution in [2.45, 2.75) is 15.1 Å². The Kier molecular flexibility index (Phi) is 4.62. The summed E-state index contributed by atoms with van der Waals surface area (Å²) in [6.07, 6.45) is 6.72. The summed E-state index contributed by atoms with van der Waals surface area (Å²) in [5.74, 6) is 1.03. The zero-order chi connectivity index (χ0) is 11.2. The molecular weight excluding hydrogens is 258 g/mol. The van der Waals surface area contributed by atoms with Crippen LogP contribution in [0.3, 0.4) is 0 Å². The Balaban J connectivity index is 1.80. The summed E-state index contributed by atoms with van der Waals surface area (Å²) >= 11 is 5.06. The third kappa shape index (κ3) is 3.47. The molecule has 0 spiro atoms. The highest BCUT2D eigenvalue weighted by Crippen LogP contribution is 2.27. The Morgan fingerprint density at radius 3 is 2.62 bits per heavy atom. The van der Waals surface area contributed by atoms with Gasteiger partial charge in [-0.3, -0.25) is 4.98 Å². The molecule has 2 aromatic heterocycles. The summed E-state index contributed by atoms with van der Waals surface area (Å²) in [7, 11) is 0. The van der Waals surface area contributed by atoms with Crippen LogP contribution in [-0.2, 0) is 6.42 Å². The average Bonchev–Trinajstić information content (AvgIpc) is 2.78. The molecule has 84 valence electrons. The fourth-order valence-electron chi connectivity index (χ4n) is 1.14. The predicted octanol–water partition coefficient (Wildman–Crippen LogP) is 2.99. The number of hydrogen-bond donors (Lipinski definition) is 0. The summed E-state index contributed by atoms with van der Waals surface area (Å²) in [6.45, 7) is 0. The first-order valence-corrected chi connectivity index (χ1v) is 7.80. The number of pyridine rings is 1. The highest BCUT2D eigenvalue weighted by molar-refractivity contribution is 8.02. The van der Waals surface area contributed by atoms with E-state index in [0.29, 0.717) is 0 Å². The van der Waals surface area contributed by atoms with Crippen LogP contribution in [0.15, 0.2) is 33.2 Å². The van der Waals surface area contributed by atoms with Crippen LogP contribution >= 0.6 is 34.9 Å². The second kappa shape index (κ2) is 6.22. The molecule has 0 saturated heterocycles. The van der Waals surface area contributed by atoms with Gasteiger partial charge in [0.15, 0.2) is 8.68 Å². The molecule has 3 nitrogen and oxygen atoms in total. The molecular formula is C10H11N3S3. The fraction of sp³-hybridized carbons (Fsp3) is 0.300. The molecule has 0 fully saturated rings. The molecule has 0 aliphatic carbocycles. The zero-order valence-corrected chi connectivity index (χ0v) is 11.2. The lowest BCUT2D eigenvalue weighted by molar-refractivity contribution is 0.954. The van der Waals surface area contributed by atoms with E-state index >= 15 is 0 Å². The SMILES string of the molecule is CSc1nnc(SCCc2ccncc2)s1. The highest BCUT2D eigenvalue weighted by Gasteiger charge is 2.03. The van der Waals surface area contributed by atoms with Crippen LogP contribution in [0.25, 0.3) is 0 Å². The first-order chi connectivity index (χ1) is 7.88. The third-order valence-corrected chi connectivity index (χ3v) is 4.96. The Hall–Kier alpha value is -0.590. The van der Waals surface area contributed by atoms with E-state index < -0.39 is 0 Å². The van der Waals surface area contributed by atoms with Crippen LogP contribution in [0.1, 0.15) is 5.56 Å². The van der Waals surface area contributed by atoms with Gasteiger partial charge in [-0.25, -0.2) is 0 Å². The van der Waals surface area contributed by atoms with Crippen molar-refractivity contribution in [1.29, 1.82) is 0 Å². The summed E-state index contributed by atoms with van der Waals surface area (Å²) in [4.78, 5) is 4.00. The number of aromatic nitrogens is 3. The molecule has 2 aromatic rings. The van der Waals surface area contributed by atoms with Gasteiger partial charge in [-0.2, -0.15) is 0 Å². The zero-order valence-electron chi connectivity index (χ0n) is 8.79. The lowest BCUT2D eigenvalue weighted by atomic mass is 10.2. The van der Waals surface area contributed by atoms with Crippen molar-refractivity contribution < 1.29 is 0 Å². The van der Waals surface area contributed by atoms with Gasteiger partial charge in [-0.05, 0) is 30.4 Å². The van der Waals surface area contributed by atoms with Gasteiger partial charge in [0.1, 0.15) is 0 Å². The standard InChI is InChI=1S/C10H11N3S3/c1-14-9-12-13-10(16-9)15-7-4-8-2-5-11-6-3-8/h2-3,5-6H,4,7H2,1H3. The van der Waals surface area contributed by atoms with E-state index in [1.807, 2.05) is 30.8 Å². The Morgan fingerprint density at radius 1 is 1.19 bits per heavy atom. The minimum Gasteiger partial charge on any atom is -0.265 e. The van der Waals surface area contributed by atoms with Gasteiger partial charge < -0.3 is 0 Å². The maximum absolute atomic E-state index is 4.12. The average molecular weight is 269 g/mol. The lowest BCUT2D eigenvalue weighted by Crippen LogP contribution is -1.88. The summed E-state index contributed by atoms with van der Waals surface area (Å²) in [6, 6.07) is 4.10. The minimum atomic E-state index is 1.03. The molecule has 0 aliphatic rings. The van der Waals surface area contributed by atoms with Crippen molar-refractivity contribution in [1.82, 2.24) is 15.2 Å². The Labute approximate surface area is 107 Å². The van der Waals surface area contributed by atoms with Crippen molar-refractivity contribution >= 4 is 34.9 Å². The second-order valence-electron chi connectivity index (χ2n) is 2.99. The fourth-order valence-corrected chi connectivity index (χ4v) is 3.64. The molecule has 0 amide bonds. The third-order valence-electron chi connectivity index (χ3n) is 1.93. The molecule has 0 saturated carbocycles. The number of hydrogen-bond acceptors (Lipinski definition) is 6. The van der Waals surface area contributed by atoms with Gasteiger partial charge in [0.2, 0.25) is 0 Å². The molecule has 0 atom stereocenters. The number of nitrogens with zero attached hydrogens (tertiary/aromatic N) is 3. The molecule has 0 bridgehead atoms. The summed E-state index contributed by atoms with van der Waals surface area (Å²) < 4.78 is 2.09. The van der Waals surface area contributed by atoms with E-state index in [-0.39, 0.29) is 0 Å². The van der Waals surface area contributed by atoms with Crippen LogP contribution < -0.4 is 0 Å². The summed E-state index contributed by atoms with van der Waals surface area (Å²) in [5, 5.41) is 8.18. The van der Waals surface area contributed by atoms with Crippen LogP contribution in [0.4, 0.5) is 0 Å². The van der Waals surface area contributed by atoms with Crippen molar-refractivity contribution in [2.24, 2.45) is 0 Å². The lowest BCUT2D eigenvalue weighted by Gasteiger charge is -1.97. The van der Waals surface area contributed by atoms with Crippen LogP contribution in [0.5, 0.6) is 0 Å². The van der Waals surface area contributed by atoms with Gasteiger partial charge in [0, 0.05) is 18.1 Å². The predicted molar refractivity (Wildman–Crippen MR) is 70.4 cm³/mol. The minimum absolute atomic E-state index is 1.03. The molecule has 0 aliphatic heterocycles. The molecule has 16 heavy (non-hydrogen) atoms. The first kappa shape index (κ1) is 11.9. The van der Waals surface area contributed by atoms with Crippen molar-refractivity contribution in [2.75, 3.05) is 12.0 Å². The molecule has 0 radical (unpaired) electrons. The molecule has 0 aromatic carbocycles. The van der Waals surface area contributed by atoms with E-state index in [0.717, 1.165) is 20.9 Å². The highest BCUT2D eigenvalue weighted by atomic mass is 32.2. The van der Waals surface area contributed by atoms with E-state index in [4.69, 9.17) is 0 Å². The second-order valence-corrected chi connectivity index (χ2v) is 6.36. The number of rotatable bonds is 5. The maximum atomic E-state index is 4.12. The molecule has 6 heteroatoms. The van der Waals surface area contributed by atoms with Crippen LogP contribution in [0.2, 0.25) is 0 Å². The normalized spacial score (nSPS) is 10.6. The molecule has 0 N–H and O–H groups in total. The van der Waals surface area contributed by atoms with Crippen molar-refractivity contribution in [3.05, 3.63) is 30.1 Å². The van der Waals surface area contributed by atoms with Gasteiger partial charge in [0.25, 0.3) is 0 Å². The van der Waals surface area contributed by atoms with Crippen LogP contribution in [0, 0.1) is 0 Å². The van der Waals surface area contributed by atoms with Crippen LogP contribution in [-0.4, -0.2) is 27.2 Å². The first-order valence-electron chi connectivity index (χ1n) is 4.77. The number of aryl methyl sites for hydroxylation is 1. The summed E-state index contributed by atoms with van der Waals surface area (Å²) in [5.41, 5.74) is 1.32. The maximum Gasteiger partial charge on any atom is 0.175 e. The monoisotopic (exact) mass is 269 g/mol. The smallest absolute Gasteiger partial charge is 0.175 e. The van der Waals surface area contributed by atoms with E-state index in [9.17, 15) is 0 Å². The van der Waals surface area contributed by atoms with E-state index in [2.05, 4.69) is 15.2 Å². The Bertz CT molecular complexity index is 430. The topological polar surface area (TPSA) is 38.7 Å². The van der Waals surface area contributed by atoms with Crippen molar-refractivity contribution in [3.63, 3.8) is 0 Å².